The fourth-order valence-electron chi connectivity index (χ4n) is 6.87. The average Bonchev–Trinajstić information content (AvgIpc) is 2.69. The molecule has 0 amide bonds. The van der Waals surface area contributed by atoms with E-state index >= 15 is 0 Å². The molecular weight excluding hydrogens is 440 g/mol. The number of rotatable bonds is 6. The van der Waals surface area contributed by atoms with Crippen LogP contribution in [-0.4, -0.2) is 22.4 Å². The molecule has 2 aliphatic rings. The van der Waals surface area contributed by atoms with E-state index in [9.17, 15) is 10.2 Å². The van der Waals surface area contributed by atoms with Crippen LogP contribution in [0.25, 0.3) is 0 Å². The van der Waals surface area contributed by atoms with Crippen LogP contribution in [0.4, 0.5) is 0 Å². The molecule has 4 unspecified atom stereocenters. The Balaban J connectivity index is 3.04. The number of hydrogen-bond donors (Lipinski definition) is 2. The Labute approximate surface area is 224 Å². The van der Waals surface area contributed by atoms with Gasteiger partial charge in [0.2, 0.25) is 0 Å². The van der Waals surface area contributed by atoms with E-state index in [-0.39, 0.29) is 27.6 Å². The first kappa shape index (κ1) is 31.1. The van der Waals surface area contributed by atoms with Crippen molar-refractivity contribution in [1.29, 1.82) is 0 Å². The quantitative estimate of drug-likeness (QED) is 0.359. The van der Waals surface area contributed by atoms with Gasteiger partial charge in [-0.3, -0.25) is 0 Å². The third-order valence-electron chi connectivity index (χ3n) is 9.26. The van der Waals surface area contributed by atoms with Crippen LogP contribution in [0.2, 0.25) is 0 Å². The van der Waals surface area contributed by atoms with Gasteiger partial charge in [0.1, 0.15) is 0 Å². The molecule has 0 aromatic heterocycles. The Morgan fingerprint density at radius 3 is 1.31 bits per heavy atom. The fraction of sp³-hybridized carbons (Fsp3) is 0.765. The highest BCUT2D eigenvalue weighted by molar-refractivity contribution is 5.41. The molecule has 4 atom stereocenters. The molecule has 36 heavy (non-hydrogen) atoms. The summed E-state index contributed by atoms with van der Waals surface area (Å²) in [6.45, 7) is 29.5. The summed E-state index contributed by atoms with van der Waals surface area (Å²) >= 11 is 0. The Hall–Kier alpha value is -1.12. The fourth-order valence-corrected chi connectivity index (χ4v) is 6.87. The lowest BCUT2D eigenvalue weighted by Gasteiger charge is -2.63. The van der Waals surface area contributed by atoms with Crippen molar-refractivity contribution in [2.24, 2.45) is 38.4 Å². The molecule has 206 valence electrons. The summed E-state index contributed by atoms with van der Waals surface area (Å²) in [7, 11) is 0. The summed E-state index contributed by atoms with van der Waals surface area (Å²) in [4.78, 5) is 0. The van der Waals surface area contributed by atoms with Crippen LogP contribution in [-0.2, 0) is 0 Å². The Morgan fingerprint density at radius 1 is 0.667 bits per heavy atom. The van der Waals surface area contributed by atoms with Crippen LogP contribution >= 0.6 is 0 Å². The monoisotopic (exact) mass is 498 g/mol. The lowest BCUT2D eigenvalue weighted by atomic mass is 9.42. The largest absolute Gasteiger partial charge is 0.388 e. The minimum Gasteiger partial charge on any atom is -0.388 e. The van der Waals surface area contributed by atoms with E-state index < -0.39 is 23.0 Å². The molecule has 0 aliphatic heterocycles. The van der Waals surface area contributed by atoms with Gasteiger partial charge in [0.25, 0.3) is 0 Å². The van der Waals surface area contributed by atoms with Gasteiger partial charge in [-0.2, -0.15) is 0 Å². The van der Waals surface area contributed by atoms with Gasteiger partial charge in [-0.1, -0.05) is 146 Å². The van der Waals surface area contributed by atoms with E-state index in [4.69, 9.17) is 0 Å². The highest BCUT2D eigenvalue weighted by Crippen LogP contribution is 2.65. The van der Waals surface area contributed by atoms with E-state index in [0.717, 1.165) is 25.7 Å². The predicted octanol–water partition coefficient (Wildman–Crippen LogP) is 9.05. The molecule has 0 fully saturated rings. The molecule has 2 nitrogen and oxygen atoms in total. The van der Waals surface area contributed by atoms with Crippen LogP contribution in [0.5, 0.6) is 0 Å². The van der Waals surface area contributed by atoms with Gasteiger partial charge in [0.05, 0.1) is 12.2 Å². The van der Waals surface area contributed by atoms with Gasteiger partial charge < -0.3 is 10.2 Å². The van der Waals surface area contributed by atoms with Gasteiger partial charge in [-0.05, 0) is 45.1 Å². The molecule has 0 saturated carbocycles. The summed E-state index contributed by atoms with van der Waals surface area (Å²) in [5.74, 6) is 0.0335. The van der Waals surface area contributed by atoms with Crippen molar-refractivity contribution < 1.29 is 10.2 Å². The Kier molecular flexibility index (Phi) is 8.82. The van der Waals surface area contributed by atoms with Crippen LogP contribution in [0, 0.1) is 38.4 Å². The summed E-state index contributed by atoms with van der Waals surface area (Å²) < 4.78 is 0. The number of allylic oxidation sites excluding steroid dienone is 4. The summed E-state index contributed by atoms with van der Waals surface area (Å²) in [5, 5.41) is 24.1. The van der Waals surface area contributed by atoms with Gasteiger partial charge in [0.15, 0.2) is 0 Å². The highest BCUT2D eigenvalue weighted by atomic mass is 16.3. The van der Waals surface area contributed by atoms with E-state index in [0.29, 0.717) is 0 Å². The maximum atomic E-state index is 12.0. The predicted molar refractivity (Wildman–Crippen MR) is 157 cm³/mol. The van der Waals surface area contributed by atoms with Crippen molar-refractivity contribution in [3.8, 4) is 0 Å². The van der Waals surface area contributed by atoms with Crippen molar-refractivity contribution in [3.05, 3.63) is 47.6 Å². The molecule has 2 N–H and O–H groups in total. The molecule has 0 aromatic carbocycles. The van der Waals surface area contributed by atoms with Crippen LogP contribution in [0.15, 0.2) is 47.6 Å². The third kappa shape index (κ3) is 5.51. The zero-order chi connectivity index (χ0) is 28.0. The highest BCUT2D eigenvalue weighted by Gasteiger charge is 2.63. The molecule has 2 rings (SSSR count). The molecule has 0 spiro atoms. The van der Waals surface area contributed by atoms with Gasteiger partial charge in [0, 0.05) is 10.8 Å². The van der Waals surface area contributed by atoms with Gasteiger partial charge in [-0.15, -0.1) is 0 Å². The summed E-state index contributed by atoms with van der Waals surface area (Å²) in [6, 6.07) is 0. The van der Waals surface area contributed by atoms with Crippen molar-refractivity contribution >= 4 is 0 Å². The van der Waals surface area contributed by atoms with E-state index in [2.05, 4.69) is 114 Å². The first-order valence-corrected chi connectivity index (χ1v) is 14.4. The standard InChI is InChI=1S/C34H58O2/c1-14-15-16-17-26(33(31(8,9)10)22-24(29(2,3)4)18-20-27(33)35)34(32(11,12)13)23-25(30(5,6)7)19-21-28(34)36/h18-23,26-28,35-36H,14-17H2,1-13H3. The van der Waals surface area contributed by atoms with E-state index in [1.54, 1.807) is 0 Å². The molecule has 0 heterocycles. The number of aliphatic hydroxyl groups excluding tert-OH is 2. The average molecular weight is 499 g/mol. The normalized spacial score (nSPS) is 30.8. The second kappa shape index (κ2) is 10.2. The molecule has 0 saturated heterocycles. The maximum Gasteiger partial charge on any atom is 0.0822 e. The minimum atomic E-state index is -0.626. The second-order valence-corrected chi connectivity index (χ2v) is 15.7. The first-order chi connectivity index (χ1) is 16.2. The van der Waals surface area contributed by atoms with Crippen LogP contribution < -0.4 is 0 Å². The topological polar surface area (TPSA) is 40.5 Å². The Morgan fingerprint density at radius 2 is 1.03 bits per heavy atom. The van der Waals surface area contributed by atoms with Crippen molar-refractivity contribution in [2.45, 2.75) is 128 Å². The minimum absolute atomic E-state index is 0.0335. The van der Waals surface area contributed by atoms with Gasteiger partial charge >= 0.3 is 0 Å². The molecule has 0 bridgehead atoms. The third-order valence-corrected chi connectivity index (χ3v) is 9.26. The van der Waals surface area contributed by atoms with Crippen LogP contribution in [0.3, 0.4) is 0 Å². The van der Waals surface area contributed by atoms with Gasteiger partial charge in [-0.25, -0.2) is 0 Å². The summed E-state index contributed by atoms with van der Waals surface area (Å²) in [5.41, 5.74) is 0.912. The van der Waals surface area contributed by atoms with Crippen molar-refractivity contribution in [1.82, 2.24) is 0 Å². The van der Waals surface area contributed by atoms with E-state index in [1.807, 2.05) is 12.2 Å². The number of unbranched alkanes of at least 4 members (excludes halogenated alkanes) is 2. The van der Waals surface area contributed by atoms with Crippen molar-refractivity contribution in [2.75, 3.05) is 0 Å². The van der Waals surface area contributed by atoms with E-state index in [1.165, 1.54) is 11.1 Å². The number of hydrogen-bond acceptors (Lipinski definition) is 2. The maximum absolute atomic E-state index is 12.0. The zero-order valence-corrected chi connectivity index (χ0v) is 25.9. The summed E-state index contributed by atoms with van der Waals surface area (Å²) in [6.07, 6.45) is 16.3. The Bertz CT molecular complexity index is 817. The first-order valence-electron chi connectivity index (χ1n) is 14.4. The molecular formula is C34H58O2. The second-order valence-electron chi connectivity index (χ2n) is 15.7. The van der Waals surface area contributed by atoms with Crippen molar-refractivity contribution in [3.63, 3.8) is 0 Å². The molecule has 0 radical (unpaired) electrons. The lowest BCUT2D eigenvalue weighted by molar-refractivity contribution is -0.141. The zero-order valence-electron chi connectivity index (χ0n) is 25.9. The van der Waals surface area contributed by atoms with Crippen LogP contribution in [0.1, 0.15) is 116 Å². The lowest BCUT2D eigenvalue weighted by Crippen LogP contribution is -2.62. The molecule has 2 heteroatoms. The SMILES string of the molecule is CCCCCC(C1(C(C)(C)C)C=C(C(C)(C)C)C=CC1O)C1(C(C)(C)C)C=C(C(C)(C)C)C=CC1O. The molecule has 0 aromatic rings. The molecule has 2 aliphatic carbocycles. The number of aliphatic hydroxyl groups is 2. The smallest absolute Gasteiger partial charge is 0.0822 e.